The molecule has 4 aromatic rings. The predicted octanol–water partition coefficient (Wildman–Crippen LogP) is 5.58. The van der Waals surface area contributed by atoms with Crippen molar-refractivity contribution in [1.29, 1.82) is 0 Å². The van der Waals surface area contributed by atoms with Gasteiger partial charge in [-0.05, 0) is 40.6 Å². The Labute approximate surface area is 180 Å². The van der Waals surface area contributed by atoms with Gasteiger partial charge in [0.05, 0.1) is 0 Å². The van der Waals surface area contributed by atoms with Gasteiger partial charge >= 0.3 is 0 Å². The van der Waals surface area contributed by atoms with Gasteiger partial charge in [-0.25, -0.2) is 4.39 Å². The quantitative estimate of drug-likeness (QED) is 0.428. The SMILES string of the molecule is Fc1ccccc1COc1ccc2ccccc2c1CNCc1ccc2c(c1)OCO2. The van der Waals surface area contributed by atoms with Gasteiger partial charge in [-0.2, -0.15) is 0 Å². The van der Waals surface area contributed by atoms with Gasteiger partial charge in [0, 0.05) is 24.2 Å². The Morgan fingerprint density at radius 2 is 1.68 bits per heavy atom. The molecule has 5 rings (SSSR count). The predicted molar refractivity (Wildman–Crippen MR) is 118 cm³/mol. The normalized spacial score (nSPS) is 12.3. The summed E-state index contributed by atoms with van der Waals surface area (Å²) in [5, 5.41) is 5.76. The summed E-state index contributed by atoms with van der Waals surface area (Å²) in [7, 11) is 0. The van der Waals surface area contributed by atoms with E-state index in [9.17, 15) is 4.39 Å². The van der Waals surface area contributed by atoms with Crippen molar-refractivity contribution in [1.82, 2.24) is 5.32 Å². The summed E-state index contributed by atoms with van der Waals surface area (Å²) >= 11 is 0. The van der Waals surface area contributed by atoms with E-state index in [2.05, 4.69) is 17.4 Å². The van der Waals surface area contributed by atoms with Crippen LogP contribution in [0.3, 0.4) is 0 Å². The maximum Gasteiger partial charge on any atom is 0.231 e. The van der Waals surface area contributed by atoms with Crippen molar-refractivity contribution in [3.05, 3.63) is 101 Å². The van der Waals surface area contributed by atoms with E-state index < -0.39 is 0 Å². The molecule has 1 heterocycles. The van der Waals surface area contributed by atoms with Crippen LogP contribution in [-0.2, 0) is 19.7 Å². The molecule has 0 saturated carbocycles. The molecule has 0 fully saturated rings. The molecular weight excluding hydrogens is 393 g/mol. The van der Waals surface area contributed by atoms with Crippen molar-refractivity contribution < 1.29 is 18.6 Å². The van der Waals surface area contributed by atoms with Crippen LogP contribution < -0.4 is 19.5 Å². The standard InChI is InChI=1S/C26H22FNO3/c27-23-8-4-2-6-20(23)16-29-24-12-10-19-5-1-3-7-21(19)22(24)15-28-14-18-9-11-25-26(13-18)31-17-30-25/h1-13,28H,14-17H2. The van der Waals surface area contributed by atoms with Crippen LogP contribution in [0.5, 0.6) is 17.2 Å². The maximum absolute atomic E-state index is 14.0. The van der Waals surface area contributed by atoms with Crippen LogP contribution in [0.1, 0.15) is 16.7 Å². The Kier molecular flexibility index (Phi) is 5.42. The fraction of sp³-hybridized carbons (Fsp3) is 0.154. The lowest BCUT2D eigenvalue weighted by atomic mass is 10.0. The van der Waals surface area contributed by atoms with Crippen LogP contribution in [0.2, 0.25) is 0 Å². The number of rotatable bonds is 7. The first-order valence-electron chi connectivity index (χ1n) is 10.2. The molecule has 0 aliphatic carbocycles. The summed E-state index contributed by atoms with van der Waals surface area (Å²) in [5.74, 6) is 2.05. The molecule has 0 unspecified atom stereocenters. The van der Waals surface area contributed by atoms with Crippen molar-refractivity contribution in [2.75, 3.05) is 6.79 Å². The average molecular weight is 415 g/mol. The summed E-state index contributed by atoms with van der Waals surface area (Å²) in [4.78, 5) is 0. The third-order valence-electron chi connectivity index (χ3n) is 5.41. The van der Waals surface area contributed by atoms with Gasteiger partial charge < -0.3 is 19.5 Å². The topological polar surface area (TPSA) is 39.7 Å². The fourth-order valence-electron chi connectivity index (χ4n) is 3.79. The number of hydrogen-bond donors (Lipinski definition) is 1. The molecule has 1 aliphatic heterocycles. The molecule has 1 aliphatic rings. The van der Waals surface area contributed by atoms with E-state index in [4.69, 9.17) is 14.2 Å². The minimum atomic E-state index is -0.259. The molecule has 0 amide bonds. The molecule has 1 N–H and O–H groups in total. The van der Waals surface area contributed by atoms with Crippen molar-refractivity contribution in [2.45, 2.75) is 19.7 Å². The lowest BCUT2D eigenvalue weighted by Gasteiger charge is -2.16. The second-order valence-corrected chi connectivity index (χ2v) is 7.43. The van der Waals surface area contributed by atoms with E-state index in [0.717, 1.165) is 39.1 Å². The number of benzene rings is 4. The van der Waals surface area contributed by atoms with Gasteiger partial charge in [-0.3, -0.25) is 0 Å². The molecule has 0 radical (unpaired) electrons. The van der Waals surface area contributed by atoms with Crippen LogP contribution in [0.4, 0.5) is 4.39 Å². The second kappa shape index (κ2) is 8.66. The van der Waals surface area contributed by atoms with E-state index in [0.29, 0.717) is 18.7 Å². The largest absolute Gasteiger partial charge is 0.488 e. The van der Waals surface area contributed by atoms with Crippen LogP contribution >= 0.6 is 0 Å². The average Bonchev–Trinajstić information content (AvgIpc) is 3.27. The van der Waals surface area contributed by atoms with Gasteiger partial charge in [-0.1, -0.05) is 54.6 Å². The highest BCUT2D eigenvalue weighted by atomic mass is 19.1. The van der Waals surface area contributed by atoms with E-state index in [1.54, 1.807) is 12.1 Å². The molecular formula is C26H22FNO3. The molecule has 31 heavy (non-hydrogen) atoms. The van der Waals surface area contributed by atoms with Gasteiger partial charge in [0.15, 0.2) is 11.5 Å². The highest BCUT2D eigenvalue weighted by Gasteiger charge is 2.14. The summed E-state index contributed by atoms with van der Waals surface area (Å²) in [5.41, 5.74) is 2.70. The Morgan fingerprint density at radius 1 is 0.839 bits per heavy atom. The third-order valence-corrected chi connectivity index (χ3v) is 5.41. The Morgan fingerprint density at radius 3 is 2.61 bits per heavy atom. The molecule has 0 spiro atoms. The maximum atomic E-state index is 14.0. The van der Waals surface area contributed by atoms with Crippen molar-refractivity contribution in [2.24, 2.45) is 0 Å². The summed E-state index contributed by atoms with van der Waals surface area (Å²) in [6.07, 6.45) is 0. The van der Waals surface area contributed by atoms with Crippen LogP contribution in [-0.4, -0.2) is 6.79 Å². The zero-order valence-electron chi connectivity index (χ0n) is 16.9. The minimum absolute atomic E-state index is 0.181. The number of hydrogen-bond acceptors (Lipinski definition) is 4. The van der Waals surface area contributed by atoms with Gasteiger partial charge in [-0.15, -0.1) is 0 Å². The van der Waals surface area contributed by atoms with E-state index >= 15 is 0 Å². The minimum Gasteiger partial charge on any atom is -0.488 e. The summed E-state index contributed by atoms with van der Waals surface area (Å²) < 4.78 is 30.9. The fourth-order valence-corrected chi connectivity index (χ4v) is 3.79. The first kappa shape index (κ1) is 19.4. The molecule has 4 aromatic carbocycles. The van der Waals surface area contributed by atoms with Gasteiger partial charge in [0.2, 0.25) is 6.79 Å². The zero-order valence-corrected chi connectivity index (χ0v) is 16.9. The lowest BCUT2D eigenvalue weighted by Crippen LogP contribution is -2.14. The number of halogens is 1. The van der Waals surface area contributed by atoms with Gasteiger partial charge in [0.25, 0.3) is 0 Å². The van der Waals surface area contributed by atoms with E-state index in [1.807, 2.05) is 48.5 Å². The lowest BCUT2D eigenvalue weighted by molar-refractivity contribution is 0.174. The smallest absolute Gasteiger partial charge is 0.231 e. The Hall–Kier alpha value is -3.57. The first-order chi connectivity index (χ1) is 15.3. The highest BCUT2D eigenvalue weighted by molar-refractivity contribution is 5.87. The number of fused-ring (bicyclic) bond motifs is 2. The molecule has 5 heteroatoms. The molecule has 0 aromatic heterocycles. The molecule has 156 valence electrons. The first-order valence-corrected chi connectivity index (χ1v) is 10.2. The third kappa shape index (κ3) is 4.18. The van der Waals surface area contributed by atoms with E-state index in [1.165, 1.54) is 6.07 Å². The van der Waals surface area contributed by atoms with Crippen molar-refractivity contribution >= 4 is 10.8 Å². The van der Waals surface area contributed by atoms with Crippen molar-refractivity contribution in [3.8, 4) is 17.2 Å². The summed E-state index contributed by atoms with van der Waals surface area (Å²) in [6.45, 7) is 1.74. The van der Waals surface area contributed by atoms with Crippen molar-refractivity contribution in [3.63, 3.8) is 0 Å². The number of nitrogens with one attached hydrogen (secondary N) is 1. The molecule has 0 saturated heterocycles. The molecule has 0 atom stereocenters. The van der Waals surface area contributed by atoms with E-state index in [-0.39, 0.29) is 19.2 Å². The Balaban J connectivity index is 1.35. The molecule has 4 nitrogen and oxygen atoms in total. The zero-order chi connectivity index (χ0) is 21.0. The van der Waals surface area contributed by atoms with Gasteiger partial charge in [0.1, 0.15) is 18.2 Å². The Bertz CT molecular complexity index is 1220. The van der Waals surface area contributed by atoms with Crippen LogP contribution in [0, 0.1) is 5.82 Å². The summed E-state index contributed by atoms with van der Waals surface area (Å²) in [6, 6.07) is 24.8. The monoisotopic (exact) mass is 415 g/mol. The highest BCUT2D eigenvalue weighted by Crippen LogP contribution is 2.33. The van der Waals surface area contributed by atoms with Crippen LogP contribution in [0.25, 0.3) is 10.8 Å². The molecule has 0 bridgehead atoms. The number of ether oxygens (including phenoxy) is 3. The van der Waals surface area contributed by atoms with Crippen LogP contribution in [0.15, 0.2) is 78.9 Å². The second-order valence-electron chi connectivity index (χ2n) is 7.43.